The summed E-state index contributed by atoms with van der Waals surface area (Å²) in [6.07, 6.45) is 2.06. The van der Waals surface area contributed by atoms with Crippen molar-refractivity contribution in [1.29, 1.82) is 0 Å². The van der Waals surface area contributed by atoms with E-state index < -0.39 is 0 Å². The molecule has 0 aliphatic carbocycles. The van der Waals surface area contributed by atoms with Gasteiger partial charge in [-0.3, -0.25) is 0 Å². The number of aromatic nitrogens is 2. The molecule has 0 amide bonds. The van der Waals surface area contributed by atoms with E-state index in [9.17, 15) is 4.39 Å². The highest BCUT2D eigenvalue weighted by Gasteiger charge is 2.07. The first-order valence-corrected chi connectivity index (χ1v) is 7.00. The normalized spacial score (nSPS) is 10.8. The smallest absolute Gasteiger partial charge is 0.138 e. The maximum Gasteiger partial charge on any atom is 0.138 e. The molecule has 21 heavy (non-hydrogen) atoms. The van der Waals surface area contributed by atoms with E-state index in [0.717, 1.165) is 10.9 Å². The van der Waals surface area contributed by atoms with Gasteiger partial charge in [0.15, 0.2) is 0 Å². The lowest BCUT2D eigenvalue weighted by Gasteiger charge is -2.09. The molecule has 0 saturated carbocycles. The van der Waals surface area contributed by atoms with Gasteiger partial charge in [0.1, 0.15) is 18.0 Å². The zero-order valence-corrected chi connectivity index (χ0v) is 11.9. The van der Waals surface area contributed by atoms with Crippen molar-refractivity contribution in [3.8, 4) is 0 Å². The Hall–Kier alpha value is -2.20. The quantitative estimate of drug-likeness (QED) is 0.789. The van der Waals surface area contributed by atoms with Gasteiger partial charge in [-0.25, -0.2) is 14.4 Å². The summed E-state index contributed by atoms with van der Waals surface area (Å²) in [5.74, 6) is 0.479. The van der Waals surface area contributed by atoms with E-state index in [-0.39, 0.29) is 5.82 Å². The predicted octanol–water partition coefficient (Wildman–Crippen LogP) is 4.08. The highest BCUT2D eigenvalue weighted by molar-refractivity contribution is 6.36. The first kappa shape index (κ1) is 13.8. The number of benzene rings is 2. The predicted molar refractivity (Wildman–Crippen MR) is 83.1 cm³/mol. The van der Waals surface area contributed by atoms with Gasteiger partial charge in [-0.1, -0.05) is 35.9 Å². The third-order valence-electron chi connectivity index (χ3n) is 3.26. The molecule has 3 aromatic rings. The number of nitrogens with one attached hydrogen (secondary N) is 1. The summed E-state index contributed by atoms with van der Waals surface area (Å²) in [5, 5.41) is 4.59. The van der Waals surface area contributed by atoms with Gasteiger partial charge in [0.05, 0.1) is 15.9 Å². The van der Waals surface area contributed by atoms with Gasteiger partial charge >= 0.3 is 0 Å². The van der Waals surface area contributed by atoms with E-state index in [4.69, 9.17) is 11.6 Å². The molecule has 0 aliphatic heterocycles. The van der Waals surface area contributed by atoms with Crippen molar-refractivity contribution in [2.24, 2.45) is 0 Å². The molecule has 0 aliphatic rings. The number of anilines is 1. The fourth-order valence-electron chi connectivity index (χ4n) is 2.22. The lowest BCUT2D eigenvalue weighted by Crippen LogP contribution is -2.08. The van der Waals surface area contributed by atoms with Gasteiger partial charge in [0.25, 0.3) is 0 Å². The van der Waals surface area contributed by atoms with Crippen molar-refractivity contribution in [2.45, 2.75) is 6.42 Å². The van der Waals surface area contributed by atoms with Crippen LogP contribution < -0.4 is 5.32 Å². The minimum atomic E-state index is -0.190. The highest BCUT2D eigenvalue weighted by Crippen LogP contribution is 2.27. The summed E-state index contributed by atoms with van der Waals surface area (Å²) in [4.78, 5) is 8.41. The van der Waals surface area contributed by atoms with E-state index in [1.807, 2.05) is 18.2 Å². The maximum atomic E-state index is 13.6. The first-order chi connectivity index (χ1) is 10.3. The monoisotopic (exact) mass is 301 g/mol. The minimum Gasteiger partial charge on any atom is -0.369 e. The van der Waals surface area contributed by atoms with Gasteiger partial charge in [0.2, 0.25) is 0 Å². The Labute approximate surface area is 126 Å². The highest BCUT2D eigenvalue weighted by atomic mass is 35.5. The third kappa shape index (κ3) is 2.95. The van der Waals surface area contributed by atoms with Crippen LogP contribution in [0.1, 0.15) is 5.56 Å². The van der Waals surface area contributed by atoms with E-state index >= 15 is 0 Å². The molecule has 3 rings (SSSR count). The van der Waals surface area contributed by atoms with Crippen LogP contribution in [0.3, 0.4) is 0 Å². The van der Waals surface area contributed by atoms with E-state index in [2.05, 4.69) is 15.3 Å². The largest absolute Gasteiger partial charge is 0.369 e. The van der Waals surface area contributed by atoms with Crippen molar-refractivity contribution in [3.05, 3.63) is 65.2 Å². The topological polar surface area (TPSA) is 37.8 Å². The molecular weight excluding hydrogens is 289 g/mol. The van der Waals surface area contributed by atoms with E-state index in [0.29, 0.717) is 29.4 Å². The fraction of sp³-hybridized carbons (Fsp3) is 0.125. The number of rotatable bonds is 4. The second-order valence-electron chi connectivity index (χ2n) is 4.62. The van der Waals surface area contributed by atoms with Crippen molar-refractivity contribution >= 4 is 28.3 Å². The average molecular weight is 302 g/mol. The van der Waals surface area contributed by atoms with Crippen LogP contribution in [-0.4, -0.2) is 16.5 Å². The van der Waals surface area contributed by atoms with E-state index in [1.165, 1.54) is 12.4 Å². The Morgan fingerprint density at radius 3 is 2.76 bits per heavy atom. The van der Waals surface area contributed by atoms with Gasteiger partial charge in [-0.15, -0.1) is 0 Å². The fourth-order valence-corrected chi connectivity index (χ4v) is 2.48. The van der Waals surface area contributed by atoms with Crippen molar-refractivity contribution < 1.29 is 4.39 Å². The Balaban J connectivity index is 1.78. The first-order valence-electron chi connectivity index (χ1n) is 6.62. The molecule has 2 aromatic carbocycles. The molecule has 0 spiro atoms. The van der Waals surface area contributed by atoms with Crippen LogP contribution in [0.2, 0.25) is 5.02 Å². The Morgan fingerprint density at radius 1 is 1.05 bits per heavy atom. The molecule has 3 nitrogen and oxygen atoms in total. The van der Waals surface area contributed by atoms with Crippen LogP contribution in [-0.2, 0) is 6.42 Å². The van der Waals surface area contributed by atoms with Crippen molar-refractivity contribution in [1.82, 2.24) is 9.97 Å². The summed E-state index contributed by atoms with van der Waals surface area (Å²) in [6.45, 7) is 0.568. The summed E-state index contributed by atoms with van der Waals surface area (Å²) in [7, 11) is 0. The van der Waals surface area contributed by atoms with Crippen LogP contribution in [0.15, 0.2) is 48.8 Å². The van der Waals surface area contributed by atoms with Crippen LogP contribution in [0.4, 0.5) is 10.2 Å². The molecule has 0 fully saturated rings. The van der Waals surface area contributed by atoms with Gasteiger partial charge in [-0.2, -0.15) is 0 Å². The van der Waals surface area contributed by atoms with Crippen molar-refractivity contribution in [3.63, 3.8) is 0 Å². The zero-order valence-electron chi connectivity index (χ0n) is 11.2. The number of halogens is 2. The number of nitrogens with zero attached hydrogens (tertiary/aromatic N) is 2. The standard InChI is InChI=1S/C16H13ClFN3/c17-12-5-3-7-14-15(12)16(21-10-20-14)19-9-8-11-4-1-2-6-13(11)18/h1-7,10H,8-9H2,(H,19,20,21). The summed E-state index contributed by atoms with van der Waals surface area (Å²) in [6, 6.07) is 12.3. The molecule has 0 radical (unpaired) electrons. The number of hydrogen-bond acceptors (Lipinski definition) is 3. The summed E-state index contributed by atoms with van der Waals surface area (Å²) >= 11 is 6.20. The maximum absolute atomic E-state index is 13.6. The summed E-state index contributed by atoms with van der Waals surface area (Å²) < 4.78 is 13.6. The molecule has 106 valence electrons. The molecule has 5 heteroatoms. The lowest BCUT2D eigenvalue weighted by molar-refractivity contribution is 0.610. The summed E-state index contributed by atoms with van der Waals surface area (Å²) in [5.41, 5.74) is 1.46. The number of fused-ring (bicyclic) bond motifs is 1. The van der Waals surface area contributed by atoms with Crippen LogP contribution in [0, 0.1) is 5.82 Å². The minimum absolute atomic E-state index is 0.190. The molecule has 0 atom stereocenters. The molecule has 1 N–H and O–H groups in total. The van der Waals surface area contributed by atoms with E-state index in [1.54, 1.807) is 18.2 Å². The SMILES string of the molecule is Fc1ccccc1CCNc1ncnc2cccc(Cl)c12. The molecular formula is C16H13ClFN3. The molecule has 0 unspecified atom stereocenters. The van der Waals surface area contributed by atoms with Gasteiger partial charge in [-0.05, 0) is 30.2 Å². The number of hydrogen-bond donors (Lipinski definition) is 1. The van der Waals surface area contributed by atoms with Crippen LogP contribution in [0.25, 0.3) is 10.9 Å². The van der Waals surface area contributed by atoms with Gasteiger partial charge in [0, 0.05) is 6.54 Å². The molecule has 0 bridgehead atoms. The molecule has 0 saturated heterocycles. The molecule has 1 heterocycles. The van der Waals surface area contributed by atoms with Crippen LogP contribution in [0.5, 0.6) is 0 Å². The zero-order chi connectivity index (χ0) is 14.7. The molecule has 1 aromatic heterocycles. The Kier molecular flexibility index (Phi) is 3.97. The second-order valence-corrected chi connectivity index (χ2v) is 5.03. The second kappa shape index (κ2) is 6.06. The van der Waals surface area contributed by atoms with Crippen LogP contribution >= 0.6 is 11.6 Å². The van der Waals surface area contributed by atoms with Crippen molar-refractivity contribution in [2.75, 3.05) is 11.9 Å². The average Bonchev–Trinajstić information content (AvgIpc) is 2.49. The Bertz CT molecular complexity index is 771. The Morgan fingerprint density at radius 2 is 1.90 bits per heavy atom. The lowest BCUT2D eigenvalue weighted by atomic mass is 10.1. The van der Waals surface area contributed by atoms with Gasteiger partial charge < -0.3 is 5.32 Å². The third-order valence-corrected chi connectivity index (χ3v) is 3.57.